The zero-order valence-corrected chi connectivity index (χ0v) is 13.5. The van der Waals surface area contributed by atoms with Gasteiger partial charge in [-0.2, -0.15) is 0 Å². The zero-order valence-electron chi connectivity index (χ0n) is 13.5. The van der Waals surface area contributed by atoms with Crippen molar-refractivity contribution in [2.24, 2.45) is 11.8 Å². The quantitative estimate of drug-likeness (QED) is 0.936. The second-order valence-electron chi connectivity index (χ2n) is 6.43. The molecular weight excluding hydrogens is 292 g/mol. The van der Waals surface area contributed by atoms with E-state index in [1.54, 1.807) is 6.20 Å². The minimum Gasteiger partial charge on any atom is -0.481 e. The van der Waals surface area contributed by atoms with Crippen LogP contribution in [-0.4, -0.2) is 34.0 Å². The van der Waals surface area contributed by atoms with Crippen LogP contribution in [0.5, 0.6) is 0 Å². The topological polar surface area (TPSA) is 66.6 Å². The lowest BCUT2D eigenvalue weighted by Crippen LogP contribution is -2.43. The highest BCUT2D eigenvalue weighted by atomic mass is 16.4. The fraction of sp³-hybridized carbons (Fsp3) is 0.444. The van der Waals surface area contributed by atoms with Gasteiger partial charge < -0.3 is 9.52 Å². The number of nitrogens with zero attached hydrogens (tertiary/aromatic N) is 2. The van der Waals surface area contributed by atoms with Crippen LogP contribution in [0.25, 0.3) is 11.3 Å². The van der Waals surface area contributed by atoms with E-state index in [1.807, 2.05) is 37.3 Å². The highest BCUT2D eigenvalue weighted by Gasteiger charge is 2.33. The maximum absolute atomic E-state index is 11.3. The number of benzene rings is 1. The highest BCUT2D eigenvalue weighted by molar-refractivity contribution is 5.70. The van der Waals surface area contributed by atoms with Crippen molar-refractivity contribution in [1.29, 1.82) is 0 Å². The van der Waals surface area contributed by atoms with E-state index in [4.69, 9.17) is 4.42 Å². The van der Waals surface area contributed by atoms with Crippen LogP contribution in [0.2, 0.25) is 0 Å². The van der Waals surface area contributed by atoms with Gasteiger partial charge in [0.2, 0.25) is 5.89 Å². The zero-order chi connectivity index (χ0) is 16.4. The number of aromatic nitrogens is 1. The molecule has 122 valence electrons. The van der Waals surface area contributed by atoms with Crippen molar-refractivity contribution in [3.63, 3.8) is 0 Å². The predicted molar refractivity (Wildman–Crippen MR) is 86.8 cm³/mol. The summed E-state index contributed by atoms with van der Waals surface area (Å²) in [6.45, 7) is 5.54. The van der Waals surface area contributed by atoms with E-state index in [9.17, 15) is 9.90 Å². The summed E-state index contributed by atoms with van der Waals surface area (Å²) in [6.07, 6.45) is 2.47. The maximum atomic E-state index is 11.3. The van der Waals surface area contributed by atoms with Crippen molar-refractivity contribution in [3.05, 3.63) is 42.4 Å². The van der Waals surface area contributed by atoms with Crippen molar-refractivity contribution < 1.29 is 14.3 Å². The van der Waals surface area contributed by atoms with Gasteiger partial charge in [-0.25, -0.2) is 4.98 Å². The second kappa shape index (κ2) is 6.54. The Morgan fingerprint density at radius 1 is 1.35 bits per heavy atom. The molecule has 1 aliphatic heterocycles. The molecule has 0 radical (unpaired) electrons. The van der Waals surface area contributed by atoms with E-state index in [0.29, 0.717) is 18.4 Å². The van der Waals surface area contributed by atoms with Crippen molar-refractivity contribution in [3.8, 4) is 11.3 Å². The standard InChI is InChI=1S/C18H22N2O3/c1-12-8-15(18(21)22)11-20(10-12)13(2)17-19-9-16(23-17)14-6-4-3-5-7-14/h3-7,9,12-13,15H,8,10-11H2,1-2H3,(H,21,22). The molecule has 2 aromatic rings. The van der Waals surface area contributed by atoms with E-state index in [-0.39, 0.29) is 12.0 Å². The third-order valence-electron chi connectivity index (χ3n) is 4.52. The van der Waals surface area contributed by atoms with Crippen molar-refractivity contribution in [2.45, 2.75) is 26.3 Å². The van der Waals surface area contributed by atoms with Crippen molar-refractivity contribution >= 4 is 5.97 Å². The molecule has 0 spiro atoms. The molecule has 2 heterocycles. The fourth-order valence-corrected chi connectivity index (χ4v) is 3.26. The number of piperidine rings is 1. The number of carboxylic acid groups (broad SMARTS) is 1. The second-order valence-corrected chi connectivity index (χ2v) is 6.43. The maximum Gasteiger partial charge on any atom is 0.307 e. The third-order valence-corrected chi connectivity index (χ3v) is 4.52. The van der Waals surface area contributed by atoms with Gasteiger partial charge in [-0.1, -0.05) is 37.3 Å². The summed E-state index contributed by atoms with van der Waals surface area (Å²) in [6, 6.07) is 9.83. The van der Waals surface area contributed by atoms with Crippen molar-refractivity contribution in [1.82, 2.24) is 9.88 Å². The van der Waals surface area contributed by atoms with Gasteiger partial charge in [0.05, 0.1) is 18.2 Å². The number of oxazole rings is 1. The first-order valence-corrected chi connectivity index (χ1v) is 8.02. The minimum absolute atomic E-state index is 0.0305. The molecular formula is C18H22N2O3. The normalized spacial score (nSPS) is 23.6. The fourth-order valence-electron chi connectivity index (χ4n) is 3.26. The molecule has 5 nitrogen and oxygen atoms in total. The van der Waals surface area contributed by atoms with Gasteiger partial charge in [0.25, 0.3) is 0 Å². The summed E-state index contributed by atoms with van der Waals surface area (Å²) in [5.74, 6) is 0.709. The Hall–Kier alpha value is -2.14. The van der Waals surface area contributed by atoms with Crippen LogP contribution >= 0.6 is 0 Å². The van der Waals surface area contributed by atoms with Gasteiger partial charge in [-0.3, -0.25) is 9.69 Å². The molecule has 0 aliphatic carbocycles. The lowest BCUT2D eigenvalue weighted by molar-refractivity contribution is -0.144. The Balaban J connectivity index is 1.76. The highest BCUT2D eigenvalue weighted by Crippen LogP contribution is 2.31. The first-order valence-electron chi connectivity index (χ1n) is 8.02. The summed E-state index contributed by atoms with van der Waals surface area (Å²) in [4.78, 5) is 17.9. The molecule has 1 aliphatic rings. The van der Waals surface area contributed by atoms with Crippen LogP contribution in [0.3, 0.4) is 0 Å². The Morgan fingerprint density at radius 2 is 2.09 bits per heavy atom. The molecule has 1 aromatic heterocycles. The molecule has 0 saturated carbocycles. The largest absolute Gasteiger partial charge is 0.481 e. The number of carbonyl (C=O) groups is 1. The molecule has 1 saturated heterocycles. The number of carboxylic acids is 1. The first kappa shape index (κ1) is 15.7. The summed E-state index contributed by atoms with van der Waals surface area (Å²) >= 11 is 0. The Kier molecular flexibility index (Phi) is 4.48. The SMILES string of the molecule is CC1CC(C(=O)O)CN(C(C)c2ncc(-c3ccccc3)o2)C1. The number of hydrogen-bond acceptors (Lipinski definition) is 4. The average Bonchev–Trinajstić information content (AvgIpc) is 3.04. The van der Waals surface area contributed by atoms with Crippen molar-refractivity contribution in [2.75, 3.05) is 13.1 Å². The Morgan fingerprint density at radius 3 is 2.78 bits per heavy atom. The molecule has 5 heteroatoms. The van der Waals surface area contributed by atoms with Crippen LogP contribution < -0.4 is 0 Å². The summed E-state index contributed by atoms with van der Waals surface area (Å²) in [5.41, 5.74) is 0.994. The number of hydrogen-bond donors (Lipinski definition) is 1. The lowest BCUT2D eigenvalue weighted by Gasteiger charge is -2.37. The predicted octanol–water partition coefficient (Wildman–Crippen LogP) is 3.45. The minimum atomic E-state index is -0.717. The van der Waals surface area contributed by atoms with Crippen LogP contribution in [0.15, 0.2) is 40.9 Å². The summed E-state index contributed by atoms with van der Waals surface area (Å²) in [7, 11) is 0. The van der Waals surface area contributed by atoms with E-state index in [2.05, 4.69) is 16.8 Å². The van der Waals surface area contributed by atoms with Crippen LogP contribution in [-0.2, 0) is 4.79 Å². The summed E-state index contributed by atoms with van der Waals surface area (Å²) in [5, 5.41) is 9.31. The average molecular weight is 314 g/mol. The van der Waals surface area contributed by atoms with Gasteiger partial charge in [0.15, 0.2) is 5.76 Å². The van der Waals surface area contributed by atoms with Crippen LogP contribution in [0.1, 0.15) is 32.2 Å². The van der Waals surface area contributed by atoms with Gasteiger partial charge in [-0.05, 0) is 19.3 Å². The van der Waals surface area contributed by atoms with E-state index < -0.39 is 5.97 Å². The number of likely N-dealkylation sites (tertiary alicyclic amines) is 1. The molecule has 3 unspecified atom stereocenters. The van der Waals surface area contributed by atoms with E-state index >= 15 is 0 Å². The molecule has 23 heavy (non-hydrogen) atoms. The lowest BCUT2D eigenvalue weighted by atomic mass is 9.89. The molecule has 1 N–H and O–H groups in total. The molecule has 0 bridgehead atoms. The van der Waals surface area contributed by atoms with E-state index in [0.717, 1.165) is 24.3 Å². The van der Waals surface area contributed by atoms with E-state index in [1.165, 1.54) is 0 Å². The Labute approximate surface area is 135 Å². The van der Waals surface area contributed by atoms with Gasteiger partial charge >= 0.3 is 5.97 Å². The number of aliphatic carboxylic acids is 1. The van der Waals surface area contributed by atoms with Gasteiger partial charge in [0, 0.05) is 18.7 Å². The van der Waals surface area contributed by atoms with Gasteiger partial charge in [-0.15, -0.1) is 0 Å². The smallest absolute Gasteiger partial charge is 0.307 e. The molecule has 1 aromatic carbocycles. The molecule has 3 atom stereocenters. The number of rotatable bonds is 4. The molecule has 3 rings (SSSR count). The monoisotopic (exact) mass is 314 g/mol. The molecule has 1 fully saturated rings. The Bertz CT molecular complexity index is 668. The van der Waals surface area contributed by atoms with Gasteiger partial charge in [0.1, 0.15) is 0 Å². The first-order chi connectivity index (χ1) is 11.0. The molecule has 0 amide bonds. The van der Waals surface area contributed by atoms with Crippen LogP contribution in [0.4, 0.5) is 0 Å². The summed E-state index contributed by atoms with van der Waals surface area (Å²) < 4.78 is 5.92. The van der Waals surface area contributed by atoms with Crippen LogP contribution in [0, 0.1) is 11.8 Å². The third kappa shape index (κ3) is 3.45.